The first-order valence-corrected chi connectivity index (χ1v) is 7.43. The van der Waals surface area contributed by atoms with Crippen LogP contribution >= 0.6 is 27.3 Å². The quantitative estimate of drug-likeness (QED) is 0.558. The number of esters is 2. The monoisotopic (exact) mass is 375 g/mol. The van der Waals surface area contributed by atoms with Gasteiger partial charge >= 0.3 is 11.9 Å². The maximum Gasteiger partial charge on any atom is 0.325 e. The van der Waals surface area contributed by atoms with Gasteiger partial charge in [-0.15, -0.1) is 11.3 Å². The lowest BCUT2D eigenvalue weighted by Crippen LogP contribution is -2.39. The first-order chi connectivity index (χ1) is 9.96. The molecule has 0 N–H and O–H groups in total. The molecule has 0 saturated carbocycles. The number of carbonyl (C=O) groups is 3. The summed E-state index contributed by atoms with van der Waals surface area (Å²) in [5.74, 6) is -1.70. The van der Waals surface area contributed by atoms with Gasteiger partial charge in [-0.3, -0.25) is 14.4 Å². The number of hydrogen-bond acceptors (Lipinski definition) is 6. The van der Waals surface area contributed by atoms with Crippen LogP contribution in [-0.4, -0.2) is 50.1 Å². The fourth-order valence-corrected chi connectivity index (χ4v) is 2.66. The molecule has 1 heterocycles. The molecule has 0 aromatic carbocycles. The summed E-state index contributed by atoms with van der Waals surface area (Å²) >= 11 is 4.77. The fraction of sp³-hybridized carbons (Fsp3) is 0.308. The standard InChI is InChI=1S/C13H14BrNO5S/c1-19-12(17)7-15(8-13(18)20-2)11(16)6-4-9-3-5-10(14)21-9/h3-6H,7-8H2,1-2H3. The molecule has 1 amide bonds. The molecule has 0 fully saturated rings. The van der Waals surface area contributed by atoms with Crippen molar-refractivity contribution in [2.45, 2.75) is 0 Å². The number of thiophene rings is 1. The Bertz CT molecular complexity index is 537. The van der Waals surface area contributed by atoms with Crippen molar-refractivity contribution in [3.63, 3.8) is 0 Å². The minimum atomic E-state index is -0.612. The highest BCUT2D eigenvalue weighted by Gasteiger charge is 2.19. The van der Waals surface area contributed by atoms with E-state index in [1.165, 1.54) is 31.6 Å². The van der Waals surface area contributed by atoms with Crippen LogP contribution in [0, 0.1) is 0 Å². The van der Waals surface area contributed by atoms with Gasteiger partial charge in [0.25, 0.3) is 0 Å². The van der Waals surface area contributed by atoms with E-state index in [1.54, 1.807) is 6.08 Å². The van der Waals surface area contributed by atoms with Gasteiger partial charge in [-0.1, -0.05) is 0 Å². The second-order valence-corrected chi connectivity index (χ2v) is 6.32. The van der Waals surface area contributed by atoms with Gasteiger partial charge in [-0.25, -0.2) is 0 Å². The Morgan fingerprint density at radius 3 is 2.19 bits per heavy atom. The number of rotatable bonds is 6. The van der Waals surface area contributed by atoms with E-state index in [2.05, 4.69) is 25.4 Å². The van der Waals surface area contributed by atoms with E-state index in [-0.39, 0.29) is 13.1 Å². The molecule has 1 aromatic heterocycles. The van der Waals surface area contributed by atoms with Crippen molar-refractivity contribution in [3.05, 3.63) is 26.9 Å². The van der Waals surface area contributed by atoms with Crippen molar-refractivity contribution in [1.29, 1.82) is 0 Å². The lowest BCUT2D eigenvalue weighted by Gasteiger charge is -2.18. The summed E-state index contributed by atoms with van der Waals surface area (Å²) in [4.78, 5) is 36.5. The molecule has 0 unspecified atom stereocenters. The zero-order chi connectivity index (χ0) is 15.8. The summed E-state index contributed by atoms with van der Waals surface area (Å²) in [7, 11) is 2.42. The molecule has 0 radical (unpaired) electrons. The Morgan fingerprint density at radius 2 is 1.76 bits per heavy atom. The van der Waals surface area contributed by atoms with E-state index in [4.69, 9.17) is 0 Å². The molecule has 0 aliphatic heterocycles. The average molecular weight is 376 g/mol. The van der Waals surface area contributed by atoms with Crippen molar-refractivity contribution >= 4 is 51.2 Å². The van der Waals surface area contributed by atoms with Crippen LogP contribution in [0.1, 0.15) is 4.88 Å². The summed E-state index contributed by atoms with van der Waals surface area (Å²) in [6.07, 6.45) is 2.91. The van der Waals surface area contributed by atoms with Gasteiger partial charge in [0.2, 0.25) is 5.91 Å². The number of halogens is 1. The highest BCUT2D eigenvalue weighted by molar-refractivity contribution is 9.11. The van der Waals surface area contributed by atoms with E-state index >= 15 is 0 Å². The molecular weight excluding hydrogens is 362 g/mol. The van der Waals surface area contributed by atoms with Gasteiger partial charge < -0.3 is 14.4 Å². The number of methoxy groups -OCH3 is 2. The molecule has 21 heavy (non-hydrogen) atoms. The topological polar surface area (TPSA) is 72.9 Å². The van der Waals surface area contributed by atoms with E-state index in [9.17, 15) is 14.4 Å². The minimum absolute atomic E-state index is 0.317. The molecule has 1 rings (SSSR count). The number of ether oxygens (including phenoxy) is 2. The van der Waals surface area contributed by atoms with Crippen LogP contribution in [-0.2, 0) is 23.9 Å². The average Bonchev–Trinajstić information content (AvgIpc) is 2.89. The lowest BCUT2D eigenvalue weighted by atomic mass is 10.3. The first-order valence-electron chi connectivity index (χ1n) is 5.82. The molecule has 0 aliphatic carbocycles. The van der Waals surface area contributed by atoms with E-state index in [1.807, 2.05) is 12.1 Å². The fourth-order valence-electron chi connectivity index (χ4n) is 1.33. The number of amides is 1. The molecule has 114 valence electrons. The minimum Gasteiger partial charge on any atom is -0.468 e. The van der Waals surface area contributed by atoms with Crippen molar-refractivity contribution in [1.82, 2.24) is 4.90 Å². The van der Waals surface area contributed by atoms with E-state index < -0.39 is 17.8 Å². The third kappa shape index (κ3) is 6.09. The lowest BCUT2D eigenvalue weighted by molar-refractivity contribution is -0.150. The largest absolute Gasteiger partial charge is 0.468 e. The number of hydrogen-bond donors (Lipinski definition) is 0. The van der Waals surface area contributed by atoms with Gasteiger partial charge in [0.05, 0.1) is 18.0 Å². The summed E-state index contributed by atoms with van der Waals surface area (Å²) in [6, 6.07) is 3.69. The molecule has 0 spiro atoms. The third-order valence-electron chi connectivity index (χ3n) is 2.39. The van der Waals surface area contributed by atoms with Crippen LogP contribution in [0.15, 0.2) is 22.0 Å². The Balaban J connectivity index is 2.75. The van der Waals surface area contributed by atoms with Crippen molar-refractivity contribution in [3.8, 4) is 0 Å². The van der Waals surface area contributed by atoms with E-state index in [0.717, 1.165) is 13.6 Å². The van der Waals surface area contributed by atoms with Crippen LogP contribution in [0.5, 0.6) is 0 Å². The Morgan fingerprint density at radius 1 is 1.19 bits per heavy atom. The van der Waals surface area contributed by atoms with Crippen LogP contribution < -0.4 is 0 Å². The Labute approximate surface area is 134 Å². The highest BCUT2D eigenvalue weighted by atomic mass is 79.9. The van der Waals surface area contributed by atoms with Gasteiger partial charge in [0.15, 0.2) is 0 Å². The SMILES string of the molecule is COC(=O)CN(CC(=O)OC)C(=O)C=Cc1ccc(Br)s1. The number of carbonyl (C=O) groups excluding carboxylic acids is 3. The smallest absolute Gasteiger partial charge is 0.325 e. The maximum absolute atomic E-state index is 12.0. The summed E-state index contributed by atoms with van der Waals surface area (Å²) in [5, 5.41) is 0. The summed E-state index contributed by atoms with van der Waals surface area (Å²) in [6.45, 7) is -0.633. The summed E-state index contributed by atoms with van der Waals surface area (Å²) in [5.41, 5.74) is 0. The Kier molecular flexibility index (Phi) is 7.10. The zero-order valence-corrected chi connectivity index (χ0v) is 13.9. The molecule has 0 saturated heterocycles. The molecule has 8 heteroatoms. The molecule has 1 aromatic rings. The van der Waals surface area contributed by atoms with Crippen LogP contribution in [0.3, 0.4) is 0 Å². The third-order valence-corrected chi connectivity index (χ3v) is 3.98. The predicted octanol–water partition coefficient (Wildman–Crippen LogP) is 1.70. The first kappa shape index (κ1) is 17.4. The zero-order valence-electron chi connectivity index (χ0n) is 11.5. The van der Waals surface area contributed by atoms with Gasteiger partial charge in [0.1, 0.15) is 13.1 Å². The predicted molar refractivity (Wildman–Crippen MR) is 81.7 cm³/mol. The van der Waals surface area contributed by atoms with Gasteiger partial charge in [-0.2, -0.15) is 0 Å². The number of nitrogens with zero attached hydrogens (tertiary/aromatic N) is 1. The van der Waals surface area contributed by atoms with Crippen molar-refractivity contribution in [2.24, 2.45) is 0 Å². The Hall–Kier alpha value is -1.67. The maximum atomic E-state index is 12.0. The van der Waals surface area contributed by atoms with Crippen molar-refractivity contribution < 1.29 is 23.9 Å². The molecular formula is C13H14BrNO5S. The molecule has 6 nitrogen and oxygen atoms in total. The summed E-state index contributed by atoms with van der Waals surface area (Å²) < 4.78 is 9.94. The molecule has 0 atom stereocenters. The second-order valence-electron chi connectivity index (χ2n) is 3.82. The highest BCUT2D eigenvalue weighted by Crippen LogP contribution is 2.23. The van der Waals surface area contributed by atoms with Gasteiger partial charge in [0, 0.05) is 11.0 Å². The van der Waals surface area contributed by atoms with Crippen molar-refractivity contribution in [2.75, 3.05) is 27.3 Å². The van der Waals surface area contributed by atoms with E-state index in [0.29, 0.717) is 0 Å². The molecule has 0 bridgehead atoms. The van der Waals surface area contributed by atoms with Crippen LogP contribution in [0.25, 0.3) is 6.08 Å². The normalized spacial score (nSPS) is 10.4. The second kappa shape index (κ2) is 8.58. The van der Waals surface area contributed by atoms with Crippen LogP contribution in [0.2, 0.25) is 0 Å². The van der Waals surface area contributed by atoms with Gasteiger partial charge in [-0.05, 0) is 34.1 Å². The molecule has 0 aliphatic rings. The van der Waals surface area contributed by atoms with Crippen LogP contribution in [0.4, 0.5) is 0 Å².